The number of piperidine rings is 1. The molecule has 0 bridgehead atoms. The molecule has 1 amide bonds. The summed E-state index contributed by atoms with van der Waals surface area (Å²) in [6, 6.07) is 6.94. The fourth-order valence-electron chi connectivity index (χ4n) is 2.23. The average Bonchev–Trinajstić information content (AvgIpc) is 2.40. The highest BCUT2D eigenvalue weighted by Gasteiger charge is 2.31. The number of benzene rings is 1. The van der Waals surface area contributed by atoms with Crippen molar-refractivity contribution in [3.05, 3.63) is 29.3 Å². The first-order chi connectivity index (χ1) is 9.37. The summed E-state index contributed by atoms with van der Waals surface area (Å²) in [7, 11) is 0. The van der Waals surface area contributed by atoms with Crippen molar-refractivity contribution < 1.29 is 14.6 Å². The van der Waals surface area contributed by atoms with E-state index in [4.69, 9.17) is 16.3 Å². The number of hydrogen-bond donors (Lipinski definition) is 1. The molecule has 1 aliphatic rings. The summed E-state index contributed by atoms with van der Waals surface area (Å²) in [5, 5.41) is 10.5. The lowest BCUT2D eigenvalue weighted by Gasteiger charge is -2.36. The van der Waals surface area contributed by atoms with Gasteiger partial charge in [-0.3, -0.25) is 4.79 Å². The maximum atomic E-state index is 12.3. The number of halogens is 1. The molecule has 1 saturated heterocycles. The number of carbonyl (C=O) groups excluding carboxylic acids is 1. The van der Waals surface area contributed by atoms with E-state index in [2.05, 4.69) is 0 Å². The minimum Gasteiger partial charge on any atom is -0.481 e. The first-order valence-electron chi connectivity index (χ1n) is 6.81. The Kier molecular flexibility index (Phi) is 4.55. The normalized spacial score (nSPS) is 19.5. The Labute approximate surface area is 124 Å². The van der Waals surface area contributed by atoms with E-state index in [1.54, 1.807) is 36.1 Å². The highest BCUT2D eigenvalue weighted by Crippen LogP contribution is 2.22. The van der Waals surface area contributed by atoms with Crippen LogP contribution in [0.25, 0.3) is 0 Å². The first-order valence-corrected chi connectivity index (χ1v) is 7.19. The molecule has 110 valence electrons. The molecule has 0 aliphatic carbocycles. The van der Waals surface area contributed by atoms with Gasteiger partial charge in [-0.15, -0.1) is 0 Å². The molecule has 2 rings (SSSR count). The number of nitrogens with zero attached hydrogens (tertiary/aromatic N) is 1. The lowest BCUT2D eigenvalue weighted by molar-refractivity contribution is -0.141. The molecule has 1 fully saturated rings. The Morgan fingerprint density at radius 3 is 2.45 bits per heavy atom. The predicted molar refractivity (Wildman–Crippen MR) is 78.0 cm³/mol. The van der Waals surface area contributed by atoms with E-state index in [0.717, 1.165) is 0 Å². The highest BCUT2D eigenvalue weighted by molar-refractivity contribution is 6.30. The van der Waals surface area contributed by atoms with E-state index >= 15 is 0 Å². The third-order valence-electron chi connectivity index (χ3n) is 3.63. The second-order valence-electron chi connectivity index (χ2n) is 5.54. The molecule has 1 atom stereocenters. The van der Waals surface area contributed by atoms with Crippen molar-refractivity contribution in [2.24, 2.45) is 0 Å². The van der Waals surface area contributed by atoms with E-state index in [0.29, 0.717) is 36.7 Å². The van der Waals surface area contributed by atoms with E-state index in [9.17, 15) is 9.90 Å². The Hall–Kier alpha value is -1.26. The number of amides is 1. The predicted octanol–water partition coefficient (Wildman–Crippen LogP) is 2.48. The van der Waals surface area contributed by atoms with Crippen LogP contribution < -0.4 is 4.74 Å². The molecule has 20 heavy (non-hydrogen) atoms. The summed E-state index contributed by atoms with van der Waals surface area (Å²) in [5.74, 6) is 0.578. The molecular formula is C15H20ClNO3. The van der Waals surface area contributed by atoms with Crippen molar-refractivity contribution >= 4 is 17.5 Å². The number of ether oxygens (including phenoxy) is 1. The summed E-state index contributed by atoms with van der Waals surface area (Å²) in [4.78, 5) is 14.0. The van der Waals surface area contributed by atoms with Gasteiger partial charge in [-0.2, -0.15) is 0 Å². The lowest BCUT2D eigenvalue weighted by atomic mass is 9.93. The van der Waals surface area contributed by atoms with Crippen LogP contribution in [0.2, 0.25) is 5.02 Å². The minimum absolute atomic E-state index is 0.0459. The summed E-state index contributed by atoms with van der Waals surface area (Å²) in [5.41, 5.74) is -0.656. The SMILES string of the molecule is CC(Oc1ccc(Cl)cc1)C(=O)N1CCC(C)(O)CC1. The molecule has 0 aromatic heterocycles. The highest BCUT2D eigenvalue weighted by atomic mass is 35.5. The van der Waals surface area contributed by atoms with Gasteiger partial charge in [-0.1, -0.05) is 11.6 Å². The van der Waals surface area contributed by atoms with Gasteiger partial charge in [0.25, 0.3) is 5.91 Å². The van der Waals surface area contributed by atoms with Crippen molar-refractivity contribution in [1.29, 1.82) is 0 Å². The van der Waals surface area contributed by atoms with Crippen LogP contribution in [-0.2, 0) is 4.79 Å². The molecule has 5 heteroatoms. The van der Waals surface area contributed by atoms with E-state index in [-0.39, 0.29) is 5.91 Å². The molecule has 1 aromatic carbocycles. The third kappa shape index (κ3) is 3.87. The van der Waals surface area contributed by atoms with Crippen LogP contribution in [0.4, 0.5) is 0 Å². The van der Waals surface area contributed by atoms with E-state index in [1.807, 2.05) is 6.92 Å². The standard InChI is InChI=1S/C15H20ClNO3/c1-11(20-13-5-3-12(16)4-6-13)14(18)17-9-7-15(2,19)8-10-17/h3-6,11,19H,7-10H2,1-2H3. The van der Waals surface area contributed by atoms with Gasteiger partial charge in [0.2, 0.25) is 0 Å². The second kappa shape index (κ2) is 6.02. The largest absolute Gasteiger partial charge is 0.481 e. The average molecular weight is 298 g/mol. The number of likely N-dealkylation sites (tertiary alicyclic amines) is 1. The molecule has 4 nitrogen and oxygen atoms in total. The first kappa shape index (κ1) is 15.1. The van der Waals surface area contributed by atoms with Gasteiger partial charge in [-0.25, -0.2) is 0 Å². The zero-order valence-corrected chi connectivity index (χ0v) is 12.6. The van der Waals surface area contributed by atoms with Gasteiger partial charge in [0, 0.05) is 18.1 Å². The van der Waals surface area contributed by atoms with Crippen molar-refractivity contribution in [1.82, 2.24) is 4.90 Å². The van der Waals surface area contributed by atoms with Crippen LogP contribution in [0.1, 0.15) is 26.7 Å². The quantitative estimate of drug-likeness (QED) is 0.932. The van der Waals surface area contributed by atoms with Gasteiger partial charge in [-0.05, 0) is 51.0 Å². The lowest BCUT2D eigenvalue weighted by Crippen LogP contribution is -2.48. The number of carbonyl (C=O) groups is 1. The Balaban J connectivity index is 1.90. The van der Waals surface area contributed by atoms with Crippen molar-refractivity contribution in [3.8, 4) is 5.75 Å². The van der Waals surface area contributed by atoms with Crippen LogP contribution in [0.5, 0.6) is 5.75 Å². The number of aliphatic hydroxyl groups is 1. The maximum Gasteiger partial charge on any atom is 0.263 e. The van der Waals surface area contributed by atoms with E-state index in [1.165, 1.54) is 0 Å². The van der Waals surface area contributed by atoms with Crippen molar-refractivity contribution in [3.63, 3.8) is 0 Å². The molecule has 1 aromatic rings. The zero-order chi connectivity index (χ0) is 14.8. The number of hydrogen-bond acceptors (Lipinski definition) is 3. The number of rotatable bonds is 3. The molecule has 0 radical (unpaired) electrons. The summed E-state index contributed by atoms with van der Waals surface area (Å²) in [6.07, 6.45) is 0.665. The van der Waals surface area contributed by atoms with Gasteiger partial charge < -0.3 is 14.7 Å². The van der Waals surface area contributed by atoms with Crippen LogP contribution in [-0.4, -0.2) is 40.7 Å². The summed E-state index contributed by atoms with van der Waals surface area (Å²) >= 11 is 5.80. The Bertz CT molecular complexity index is 463. The molecular weight excluding hydrogens is 278 g/mol. The topological polar surface area (TPSA) is 49.8 Å². The Morgan fingerprint density at radius 2 is 1.90 bits per heavy atom. The second-order valence-corrected chi connectivity index (χ2v) is 5.97. The van der Waals surface area contributed by atoms with Crippen LogP contribution in [0, 0.1) is 0 Å². The molecule has 1 unspecified atom stereocenters. The smallest absolute Gasteiger partial charge is 0.263 e. The van der Waals surface area contributed by atoms with Gasteiger partial charge in [0.05, 0.1) is 5.60 Å². The zero-order valence-electron chi connectivity index (χ0n) is 11.8. The van der Waals surface area contributed by atoms with Crippen molar-refractivity contribution in [2.75, 3.05) is 13.1 Å². The van der Waals surface area contributed by atoms with Gasteiger partial charge >= 0.3 is 0 Å². The summed E-state index contributed by atoms with van der Waals surface area (Å²) in [6.45, 7) is 4.69. The van der Waals surface area contributed by atoms with Crippen LogP contribution in [0.3, 0.4) is 0 Å². The molecule has 0 spiro atoms. The Morgan fingerprint density at radius 1 is 1.35 bits per heavy atom. The van der Waals surface area contributed by atoms with Crippen LogP contribution in [0.15, 0.2) is 24.3 Å². The summed E-state index contributed by atoms with van der Waals surface area (Å²) < 4.78 is 5.62. The fourth-order valence-corrected chi connectivity index (χ4v) is 2.36. The maximum absolute atomic E-state index is 12.3. The molecule has 1 aliphatic heterocycles. The van der Waals surface area contributed by atoms with Gasteiger partial charge in [0.15, 0.2) is 6.10 Å². The fraction of sp³-hybridized carbons (Fsp3) is 0.533. The monoisotopic (exact) mass is 297 g/mol. The minimum atomic E-state index is -0.656. The third-order valence-corrected chi connectivity index (χ3v) is 3.88. The molecule has 0 saturated carbocycles. The van der Waals surface area contributed by atoms with Gasteiger partial charge in [0.1, 0.15) is 5.75 Å². The van der Waals surface area contributed by atoms with Crippen LogP contribution >= 0.6 is 11.6 Å². The van der Waals surface area contributed by atoms with Crippen molar-refractivity contribution in [2.45, 2.75) is 38.4 Å². The molecule has 1 heterocycles. The van der Waals surface area contributed by atoms with E-state index < -0.39 is 11.7 Å². The molecule has 1 N–H and O–H groups in total.